The van der Waals surface area contributed by atoms with E-state index in [2.05, 4.69) is 15.9 Å². The minimum absolute atomic E-state index is 0.0186. The number of aromatic hydroxyl groups is 1. The van der Waals surface area contributed by atoms with Crippen molar-refractivity contribution >= 4 is 50.7 Å². The highest BCUT2D eigenvalue weighted by molar-refractivity contribution is 9.10. The van der Waals surface area contributed by atoms with Gasteiger partial charge in [0.25, 0.3) is 0 Å². The molecule has 1 rings (SSSR count). The van der Waals surface area contributed by atoms with Crippen molar-refractivity contribution in [2.24, 2.45) is 0 Å². The summed E-state index contributed by atoms with van der Waals surface area (Å²) in [5.74, 6) is 0.491. The maximum atomic E-state index is 9.36. The zero-order valence-corrected chi connectivity index (χ0v) is 11.2. The molecule has 0 saturated heterocycles. The van der Waals surface area contributed by atoms with Gasteiger partial charge in [0.15, 0.2) is 0 Å². The van der Waals surface area contributed by atoms with Crippen molar-refractivity contribution in [2.75, 3.05) is 6.61 Å². The number of hydrogen-bond donors (Lipinski definition) is 1. The average molecular weight is 332 g/mol. The first-order chi connectivity index (χ1) is 7.00. The van der Waals surface area contributed by atoms with Crippen LogP contribution in [0.25, 0.3) is 0 Å². The van der Waals surface area contributed by atoms with Crippen molar-refractivity contribution in [1.29, 1.82) is 0 Å². The predicted octanol–water partition coefficient (Wildman–Crippen LogP) is 4.51. The Labute approximate surface area is 111 Å². The molecule has 15 heavy (non-hydrogen) atoms. The second-order valence-corrected chi connectivity index (χ2v) is 4.81. The number of rotatable bonds is 3. The van der Waals surface area contributed by atoms with Gasteiger partial charge < -0.3 is 9.84 Å². The van der Waals surface area contributed by atoms with Crippen molar-refractivity contribution in [1.82, 2.24) is 0 Å². The monoisotopic (exact) mass is 330 g/mol. The fourth-order valence-corrected chi connectivity index (χ4v) is 1.72. The zero-order valence-electron chi connectivity index (χ0n) is 7.31. The minimum Gasteiger partial charge on any atom is -0.505 e. The van der Waals surface area contributed by atoms with Crippen molar-refractivity contribution in [3.8, 4) is 11.5 Å². The molecule has 0 fully saturated rings. The number of phenols is 1. The summed E-state index contributed by atoms with van der Waals surface area (Å²) in [5, 5.41) is 9.56. The van der Waals surface area contributed by atoms with Gasteiger partial charge in [0.2, 0.25) is 0 Å². The molecule has 1 aromatic rings. The summed E-state index contributed by atoms with van der Waals surface area (Å²) < 4.78 is 5.86. The number of halogens is 4. The van der Waals surface area contributed by atoms with Crippen LogP contribution in [-0.2, 0) is 0 Å². The molecule has 0 saturated carbocycles. The quantitative estimate of drug-likeness (QED) is 0.883. The second kappa shape index (κ2) is 5.85. The molecule has 6 heteroatoms. The van der Waals surface area contributed by atoms with Gasteiger partial charge in [-0.15, -0.1) is 0 Å². The summed E-state index contributed by atoms with van der Waals surface area (Å²) in [6.45, 7) is 0.232. The normalized spacial score (nSPS) is 9.87. The van der Waals surface area contributed by atoms with Crippen LogP contribution in [0.5, 0.6) is 11.5 Å². The summed E-state index contributed by atoms with van der Waals surface area (Å²) in [6.07, 6.45) is 1.50. The molecule has 0 unspecified atom stereocenters. The third-order valence-corrected chi connectivity index (χ3v) is 2.68. The van der Waals surface area contributed by atoms with Crippen LogP contribution in [0.1, 0.15) is 0 Å². The van der Waals surface area contributed by atoms with Gasteiger partial charge in [0.1, 0.15) is 22.6 Å². The molecule has 0 spiro atoms. The lowest BCUT2D eigenvalue weighted by molar-refractivity contribution is 0.361. The number of hydrogen-bond acceptors (Lipinski definition) is 2. The van der Waals surface area contributed by atoms with E-state index in [0.29, 0.717) is 10.2 Å². The molecular formula is C9H6BrCl3O2. The highest BCUT2D eigenvalue weighted by atomic mass is 79.9. The minimum atomic E-state index is -0.0186. The van der Waals surface area contributed by atoms with Crippen LogP contribution in [0.15, 0.2) is 27.2 Å². The van der Waals surface area contributed by atoms with Gasteiger partial charge in [-0.2, -0.15) is 0 Å². The summed E-state index contributed by atoms with van der Waals surface area (Å²) in [6, 6.07) is 3.09. The first-order valence-corrected chi connectivity index (χ1v) is 5.75. The SMILES string of the molecule is Oc1c(Cl)cc(OCC=C(Cl)Cl)cc1Br. The third-order valence-electron chi connectivity index (χ3n) is 1.48. The zero-order chi connectivity index (χ0) is 11.4. The Morgan fingerprint density at radius 3 is 2.67 bits per heavy atom. The van der Waals surface area contributed by atoms with Gasteiger partial charge in [-0.25, -0.2) is 0 Å². The predicted molar refractivity (Wildman–Crippen MR) is 66.1 cm³/mol. The molecule has 82 valence electrons. The van der Waals surface area contributed by atoms with Crippen LogP contribution in [0, 0.1) is 0 Å². The van der Waals surface area contributed by atoms with Gasteiger partial charge in [-0.3, -0.25) is 0 Å². The maximum absolute atomic E-state index is 9.36. The fourth-order valence-electron chi connectivity index (χ4n) is 0.826. The molecule has 0 aliphatic carbocycles. The molecule has 2 nitrogen and oxygen atoms in total. The van der Waals surface area contributed by atoms with Gasteiger partial charge >= 0.3 is 0 Å². The van der Waals surface area contributed by atoms with Crippen LogP contribution in [0.3, 0.4) is 0 Å². The average Bonchev–Trinajstić information content (AvgIpc) is 2.13. The number of phenolic OH excluding ortho intramolecular Hbond substituents is 1. The Hall–Kier alpha value is -0.0900. The van der Waals surface area contributed by atoms with Crippen LogP contribution in [-0.4, -0.2) is 11.7 Å². The van der Waals surface area contributed by atoms with E-state index in [1.165, 1.54) is 12.1 Å². The maximum Gasteiger partial charge on any atom is 0.148 e. The largest absolute Gasteiger partial charge is 0.505 e. The molecule has 0 heterocycles. The lowest BCUT2D eigenvalue weighted by atomic mass is 10.3. The van der Waals surface area contributed by atoms with Crippen LogP contribution in [0.2, 0.25) is 5.02 Å². The van der Waals surface area contributed by atoms with Crippen LogP contribution < -0.4 is 4.74 Å². The Kier molecular flexibility index (Phi) is 5.06. The summed E-state index contributed by atoms with van der Waals surface area (Å²) in [4.78, 5) is 0. The van der Waals surface area contributed by atoms with Crippen molar-refractivity contribution in [3.63, 3.8) is 0 Å². The van der Waals surface area contributed by atoms with E-state index < -0.39 is 0 Å². The Bertz CT molecular complexity index is 366. The summed E-state index contributed by atoms with van der Waals surface area (Å²) in [7, 11) is 0. The molecule has 0 aliphatic heterocycles. The van der Waals surface area contributed by atoms with E-state index in [4.69, 9.17) is 39.5 Å². The highest BCUT2D eigenvalue weighted by Crippen LogP contribution is 2.35. The van der Waals surface area contributed by atoms with Gasteiger partial charge in [-0.1, -0.05) is 34.8 Å². The first-order valence-electron chi connectivity index (χ1n) is 3.82. The molecular weight excluding hydrogens is 326 g/mol. The molecule has 0 radical (unpaired) electrons. The Morgan fingerprint density at radius 2 is 2.13 bits per heavy atom. The highest BCUT2D eigenvalue weighted by Gasteiger charge is 2.06. The lowest BCUT2D eigenvalue weighted by Crippen LogP contribution is -1.93. The van der Waals surface area contributed by atoms with E-state index >= 15 is 0 Å². The smallest absolute Gasteiger partial charge is 0.148 e. The molecule has 0 bridgehead atoms. The van der Waals surface area contributed by atoms with Gasteiger partial charge in [0.05, 0.1) is 9.50 Å². The molecule has 0 amide bonds. The molecule has 0 atom stereocenters. The van der Waals surface area contributed by atoms with E-state index in [9.17, 15) is 5.11 Å². The molecule has 0 aromatic heterocycles. The Morgan fingerprint density at radius 1 is 1.47 bits per heavy atom. The number of ether oxygens (including phenoxy) is 1. The number of benzene rings is 1. The standard InChI is InChI=1S/C9H6BrCl3O2/c10-6-3-5(4-7(11)9(6)14)15-2-1-8(12)13/h1,3-4,14H,2H2. The van der Waals surface area contributed by atoms with Crippen molar-refractivity contribution in [3.05, 3.63) is 32.2 Å². The van der Waals surface area contributed by atoms with Gasteiger partial charge in [-0.05, 0) is 28.1 Å². The third kappa shape index (κ3) is 4.11. The Balaban J connectivity index is 2.75. The van der Waals surface area contributed by atoms with E-state index in [1.54, 1.807) is 6.07 Å². The van der Waals surface area contributed by atoms with Crippen molar-refractivity contribution in [2.45, 2.75) is 0 Å². The van der Waals surface area contributed by atoms with Gasteiger partial charge in [0, 0.05) is 6.07 Å². The first kappa shape index (κ1) is 13.0. The van der Waals surface area contributed by atoms with Crippen molar-refractivity contribution < 1.29 is 9.84 Å². The molecule has 1 N–H and O–H groups in total. The molecule has 1 aromatic carbocycles. The van der Waals surface area contributed by atoms with Crippen LogP contribution >= 0.6 is 50.7 Å². The topological polar surface area (TPSA) is 29.5 Å². The van der Waals surface area contributed by atoms with E-state index in [0.717, 1.165) is 0 Å². The molecule has 0 aliphatic rings. The lowest BCUT2D eigenvalue weighted by Gasteiger charge is -2.06. The summed E-state index contributed by atoms with van der Waals surface area (Å²) in [5.41, 5.74) is 0. The van der Waals surface area contributed by atoms with Crippen LogP contribution in [0.4, 0.5) is 0 Å². The summed E-state index contributed by atoms with van der Waals surface area (Å²) >= 11 is 19.7. The fraction of sp³-hybridized carbons (Fsp3) is 0.111. The van der Waals surface area contributed by atoms with E-state index in [1.807, 2.05) is 0 Å². The second-order valence-electron chi connectivity index (χ2n) is 2.54. The van der Waals surface area contributed by atoms with E-state index in [-0.39, 0.29) is 21.9 Å².